The summed E-state index contributed by atoms with van der Waals surface area (Å²) in [5, 5.41) is 11.7. The van der Waals surface area contributed by atoms with Crippen LogP contribution in [0.3, 0.4) is 0 Å². The SMILES string of the molecule is CN[C@H](C=C(C)C(=O)O)C(C)C. The maximum Gasteiger partial charge on any atom is 0.331 e. The second kappa shape index (κ2) is 4.93. The molecule has 0 aromatic rings. The van der Waals surface area contributed by atoms with Gasteiger partial charge in [-0.1, -0.05) is 19.9 Å². The summed E-state index contributed by atoms with van der Waals surface area (Å²) < 4.78 is 0. The van der Waals surface area contributed by atoms with Crippen LogP contribution in [0.2, 0.25) is 0 Å². The maximum atomic E-state index is 10.5. The quantitative estimate of drug-likeness (QED) is 0.626. The molecule has 0 aromatic carbocycles. The van der Waals surface area contributed by atoms with E-state index in [2.05, 4.69) is 5.32 Å². The second-order valence-corrected chi connectivity index (χ2v) is 3.21. The van der Waals surface area contributed by atoms with Crippen LogP contribution in [-0.2, 0) is 4.79 Å². The van der Waals surface area contributed by atoms with E-state index >= 15 is 0 Å². The molecule has 0 saturated carbocycles. The van der Waals surface area contributed by atoms with Crippen molar-refractivity contribution in [2.45, 2.75) is 26.8 Å². The molecule has 0 amide bonds. The fourth-order valence-corrected chi connectivity index (χ4v) is 0.950. The van der Waals surface area contributed by atoms with Crippen LogP contribution in [0.15, 0.2) is 11.6 Å². The molecule has 1 atom stereocenters. The van der Waals surface area contributed by atoms with E-state index in [1.54, 1.807) is 13.0 Å². The molecule has 12 heavy (non-hydrogen) atoms. The molecule has 0 spiro atoms. The fraction of sp³-hybridized carbons (Fsp3) is 0.667. The molecule has 3 nitrogen and oxygen atoms in total. The first-order valence-electron chi connectivity index (χ1n) is 4.08. The zero-order valence-corrected chi connectivity index (χ0v) is 8.09. The Kier molecular flexibility index (Phi) is 4.59. The molecule has 0 aliphatic heterocycles. The Morgan fingerprint density at radius 2 is 2.00 bits per heavy atom. The number of carboxylic acid groups (broad SMARTS) is 1. The standard InChI is InChI=1S/C9H17NO2/c1-6(2)8(10-4)5-7(3)9(11)12/h5-6,8,10H,1-4H3,(H,11,12)/t8-/m1/s1. The normalized spacial score (nSPS) is 14.9. The highest BCUT2D eigenvalue weighted by Gasteiger charge is 2.09. The summed E-state index contributed by atoms with van der Waals surface area (Å²) in [6.45, 7) is 5.70. The summed E-state index contributed by atoms with van der Waals surface area (Å²) in [6, 6.07) is 0.140. The zero-order chi connectivity index (χ0) is 9.72. The molecule has 0 fully saturated rings. The van der Waals surface area contributed by atoms with Gasteiger partial charge in [0.25, 0.3) is 0 Å². The number of aliphatic carboxylic acids is 1. The van der Waals surface area contributed by atoms with E-state index in [0.717, 1.165) is 0 Å². The van der Waals surface area contributed by atoms with E-state index in [4.69, 9.17) is 5.11 Å². The van der Waals surface area contributed by atoms with E-state index in [0.29, 0.717) is 11.5 Å². The molecule has 0 rings (SSSR count). The molecule has 0 aliphatic carbocycles. The van der Waals surface area contributed by atoms with Gasteiger partial charge in [-0.2, -0.15) is 0 Å². The summed E-state index contributed by atoms with van der Waals surface area (Å²) >= 11 is 0. The fourth-order valence-electron chi connectivity index (χ4n) is 0.950. The van der Waals surface area contributed by atoms with Gasteiger partial charge < -0.3 is 10.4 Å². The third-order valence-corrected chi connectivity index (χ3v) is 1.82. The van der Waals surface area contributed by atoms with Gasteiger partial charge in [0.1, 0.15) is 0 Å². The number of carboxylic acids is 1. The van der Waals surface area contributed by atoms with Crippen LogP contribution < -0.4 is 5.32 Å². The predicted molar refractivity (Wildman–Crippen MR) is 49.1 cm³/mol. The van der Waals surface area contributed by atoms with Crippen LogP contribution in [0.5, 0.6) is 0 Å². The van der Waals surface area contributed by atoms with Crippen molar-refractivity contribution in [3.63, 3.8) is 0 Å². The van der Waals surface area contributed by atoms with E-state index in [1.165, 1.54) is 0 Å². The zero-order valence-electron chi connectivity index (χ0n) is 8.09. The molecule has 3 heteroatoms. The smallest absolute Gasteiger partial charge is 0.331 e. The minimum Gasteiger partial charge on any atom is -0.478 e. The van der Waals surface area contributed by atoms with Gasteiger partial charge in [0.15, 0.2) is 0 Å². The minimum absolute atomic E-state index is 0.140. The minimum atomic E-state index is -0.851. The predicted octanol–water partition coefficient (Wildman–Crippen LogP) is 1.26. The molecule has 2 N–H and O–H groups in total. The highest BCUT2D eigenvalue weighted by Crippen LogP contribution is 2.05. The third-order valence-electron chi connectivity index (χ3n) is 1.82. The number of nitrogens with one attached hydrogen (secondary N) is 1. The van der Waals surface area contributed by atoms with E-state index in [-0.39, 0.29) is 6.04 Å². The molecular weight excluding hydrogens is 154 g/mol. The van der Waals surface area contributed by atoms with Crippen LogP contribution in [0.4, 0.5) is 0 Å². The number of hydrogen-bond donors (Lipinski definition) is 2. The summed E-state index contributed by atoms with van der Waals surface area (Å²) in [6.07, 6.45) is 1.74. The van der Waals surface area contributed by atoms with E-state index < -0.39 is 5.97 Å². The number of likely N-dealkylation sites (N-methyl/N-ethyl adjacent to an activating group) is 1. The Bertz CT molecular complexity index is 185. The largest absolute Gasteiger partial charge is 0.478 e. The highest BCUT2D eigenvalue weighted by atomic mass is 16.4. The van der Waals surface area contributed by atoms with Crippen LogP contribution >= 0.6 is 0 Å². The van der Waals surface area contributed by atoms with Crippen molar-refractivity contribution < 1.29 is 9.90 Å². The first-order valence-corrected chi connectivity index (χ1v) is 4.08. The van der Waals surface area contributed by atoms with Crippen LogP contribution in [-0.4, -0.2) is 24.2 Å². The number of carbonyl (C=O) groups is 1. The Morgan fingerprint density at radius 1 is 1.50 bits per heavy atom. The maximum absolute atomic E-state index is 10.5. The van der Waals surface area contributed by atoms with Crippen molar-refractivity contribution in [1.29, 1.82) is 0 Å². The first-order chi connectivity index (χ1) is 5.49. The van der Waals surface area contributed by atoms with Gasteiger partial charge in [-0.15, -0.1) is 0 Å². The Labute approximate surface area is 73.5 Å². The van der Waals surface area contributed by atoms with Gasteiger partial charge >= 0.3 is 5.97 Å². The second-order valence-electron chi connectivity index (χ2n) is 3.21. The van der Waals surface area contributed by atoms with Crippen molar-refractivity contribution in [3.05, 3.63) is 11.6 Å². The van der Waals surface area contributed by atoms with Gasteiger partial charge in [-0.25, -0.2) is 4.79 Å². The molecule has 0 unspecified atom stereocenters. The highest BCUT2D eigenvalue weighted by molar-refractivity contribution is 5.85. The summed E-state index contributed by atoms with van der Waals surface area (Å²) in [7, 11) is 1.83. The van der Waals surface area contributed by atoms with Gasteiger partial charge in [-0.05, 0) is 19.9 Å². The number of rotatable bonds is 4. The summed E-state index contributed by atoms with van der Waals surface area (Å²) in [5.41, 5.74) is 0.392. The Morgan fingerprint density at radius 3 is 2.25 bits per heavy atom. The lowest BCUT2D eigenvalue weighted by Crippen LogP contribution is -2.29. The number of hydrogen-bond acceptors (Lipinski definition) is 2. The molecule has 0 heterocycles. The van der Waals surface area contributed by atoms with Crippen LogP contribution in [0.25, 0.3) is 0 Å². The van der Waals surface area contributed by atoms with Gasteiger partial charge in [-0.3, -0.25) is 0 Å². The average molecular weight is 171 g/mol. The topological polar surface area (TPSA) is 49.3 Å². The van der Waals surface area contributed by atoms with Gasteiger partial charge in [0.2, 0.25) is 0 Å². The van der Waals surface area contributed by atoms with E-state index in [9.17, 15) is 4.79 Å². The van der Waals surface area contributed by atoms with Crippen molar-refractivity contribution >= 4 is 5.97 Å². The molecule has 0 bridgehead atoms. The molecule has 0 aromatic heterocycles. The van der Waals surface area contributed by atoms with Crippen molar-refractivity contribution in [2.24, 2.45) is 5.92 Å². The van der Waals surface area contributed by atoms with Crippen molar-refractivity contribution in [2.75, 3.05) is 7.05 Å². The van der Waals surface area contributed by atoms with E-state index in [1.807, 2.05) is 20.9 Å². The lowest BCUT2D eigenvalue weighted by Gasteiger charge is -2.16. The van der Waals surface area contributed by atoms with Crippen molar-refractivity contribution in [3.8, 4) is 0 Å². The molecule has 0 aliphatic rings. The van der Waals surface area contributed by atoms with Gasteiger partial charge in [0, 0.05) is 11.6 Å². The first kappa shape index (κ1) is 11.2. The third kappa shape index (κ3) is 3.53. The molecular formula is C9H17NO2. The Hall–Kier alpha value is -0.830. The average Bonchev–Trinajstić information content (AvgIpc) is 1.98. The Balaban J connectivity index is 4.35. The lowest BCUT2D eigenvalue weighted by atomic mass is 10.0. The van der Waals surface area contributed by atoms with Crippen LogP contribution in [0, 0.1) is 5.92 Å². The monoisotopic (exact) mass is 171 g/mol. The van der Waals surface area contributed by atoms with Gasteiger partial charge in [0.05, 0.1) is 0 Å². The van der Waals surface area contributed by atoms with Crippen LogP contribution in [0.1, 0.15) is 20.8 Å². The van der Waals surface area contributed by atoms with Crippen molar-refractivity contribution in [1.82, 2.24) is 5.32 Å². The molecule has 70 valence electrons. The molecule has 0 radical (unpaired) electrons. The summed E-state index contributed by atoms with van der Waals surface area (Å²) in [4.78, 5) is 10.5. The molecule has 0 saturated heterocycles. The lowest BCUT2D eigenvalue weighted by molar-refractivity contribution is -0.132. The summed E-state index contributed by atoms with van der Waals surface area (Å²) in [5.74, 6) is -0.444.